The van der Waals surface area contributed by atoms with Crippen LogP contribution in [0, 0.1) is 0 Å². The smallest absolute Gasteiger partial charge is 0.257 e. The van der Waals surface area contributed by atoms with Crippen LogP contribution in [0.15, 0.2) is 47.4 Å². The van der Waals surface area contributed by atoms with E-state index in [1.165, 1.54) is 25.3 Å². The van der Waals surface area contributed by atoms with Crippen molar-refractivity contribution in [3.8, 4) is 5.75 Å². The first-order valence-corrected chi connectivity index (χ1v) is 11.5. The van der Waals surface area contributed by atoms with Crippen molar-refractivity contribution in [2.45, 2.75) is 30.6 Å². The summed E-state index contributed by atoms with van der Waals surface area (Å²) in [5, 5.41) is 0.674. The Balaban J connectivity index is 1.66. The molecule has 0 aliphatic carbocycles. The number of nitrogens with zero attached hydrogens (tertiary/aromatic N) is 1. The molecule has 1 N–H and O–H groups in total. The van der Waals surface area contributed by atoms with Crippen molar-refractivity contribution in [2.75, 3.05) is 26.7 Å². The van der Waals surface area contributed by atoms with Gasteiger partial charge in [-0.15, -0.1) is 0 Å². The van der Waals surface area contributed by atoms with E-state index in [0.717, 1.165) is 24.8 Å². The van der Waals surface area contributed by atoms with Gasteiger partial charge in [-0.1, -0.05) is 23.7 Å². The number of rotatable bonds is 8. The van der Waals surface area contributed by atoms with Crippen molar-refractivity contribution >= 4 is 27.5 Å². The molecule has 0 saturated carbocycles. The number of benzene rings is 2. The number of halogens is 1. The lowest BCUT2D eigenvalue weighted by atomic mass is 10.1. The van der Waals surface area contributed by atoms with E-state index in [1.54, 1.807) is 4.90 Å². The summed E-state index contributed by atoms with van der Waals surface area (Å²) >= 11 is 5.87. The molecule has 6 nitrogen and oxygen atoms in total. The van der Waals surface area contributed by atoms with Crippen LogP contribution in [-0.2, 0) is 16.4 Å². The minimum atomic E-state index is -3.72. The van der Waals surface area contributed by atoms with Gasteiger partial charge >= 0.3 is 0 Å². The number of amides is 1. The summed E-state index contributed by atoms with van der Waals surface area (Å²) in [4.78, 5) is 14.6. The standard InChI is InChI=1S/C21H25ClN2O4S/c1-28-20-11-10-18(15-19(20)21(25)24-13-2-3-14-24)29(26,27)23-12-4-5-16-6-8-17(22)9-7-16/h6-11,15,23H,2-5,12-14H2,1H3. The maximum Gasteiger partial charge on any atom is 0.257 e. The second kappa shape index (κ2) is 9.61. The van der Waals surface area contributed by atoms with Gasteiger partial charge in [0.05, 0.1) is 17.6 Å². The van der Waals surface area contributed by atoms with Gasteiger partial charge in [0.25, 0.3) is 5.91 Å². The highest BCUT2D eigenvalue weighted by Gasteiger charge is 2.25. The SMILES string of the molecule is COc1ccc(S(=O)(=O)NCCCc2ccc(Cl)cc2)cc1C(=O)N1CCCC1. The molecule has 1 saturated heterocycles. The number of ether oxygens (including phenoxy) is 1. The van der Waals surface area contributed by atoms with Crippen LogP contribution in [0.5, 0.6) is 5.75 Å². The molecule has 1 amide bonds. The maximum atomic E-state index is 12.8. The van der Waals surface area contributed by atoms with Crippen molar-refractivity contribution in [2.24, 2.45) is 0 Å². The van der Waals surface area contributed by atoms with E-state index in [1.807, 2.05) is 24.3 Å². The normalized spacial score (nSPS) is 14.2. The number of sulfonamides is 1. The Kier molecular flexibility index (Phi) is 7.16. The molecule has 0 aromatic heterocycles. The van der Waals surface area contributed by atoms with Crippen molar-refractivity contribution < 1.29 is 17.9 Å². The lowest BCUT2D eigenvalue weighted by Gasteiger charge is -2.18. The van der Waals surface area contributed by atoms with Crippen LogP contribution in [0.25, 0.3) is 0 Å². The number of methoxy groups -OCH3 is 1. The van der Waals surface area contributed by atoms with Gasteiger partial charge in [-0.25, -0.2) is 13.1 Å². The first-order valence-electron chi connectivity index (χ1n) is 9.62. The number of nitrogens with one attached hydrogen (secondary N) is 1. The summed E-state index contributed by atoms with van der Waals surface area (Å²) in [7, 11) is -2.25. The molecule has 156 valence electrons. The number of aryl methyl sites for hydroxylation is 1. The minimum Gasteiger partial charge on any atom is -0.496 e. The van der Waals surface area contributed by atoms with Gasteiger partial charge in [-0.2, -0.15) is 0 Å². The van der Waals surface area contributed by atoms with E-state index in [0.29, 0.717) is 36.8 Å². The van der Waals surface area contributed by atoms with E-state index >= 15 is 0 Å². The van der Waals surface area contributed by atoms with Crippen molar-refractivity contribution in [3.63, 3.8) is 0 Å². The van der Waals surface area contributed by atoms with Crippen LogP contribution in [0.2, 0.25) is 5.02 Å². The highest BCUT2D eigenvalue weighted by Crippen LogP contribution is 2.25. The summed E-state index contributed by atoms with van der Waals surface area (Å²) in [6, 6.07) is 11.9. The number of carbonyl (C=O) groups excluding carboxylic acids is 1. The summed E-state index contributed by atoms with van der Waals surface area (Å²) in [5.41, 5.74) is 1.37. The van der Waals surface area contributed by atoms with E-state index in [-0.39, 0.29) is 16.4 Å². The maximum absolute atomic E-state index is 12.8. The number of hydrogen-bond acceptors (Lipinski definition) is 4. The van der Waals surface area contributed by atoms with Crippen LogP contribution in [0.4, 0.5) is 0 Å². The Bertz CT molecular complexity index is 955. The van der Waals surface area contributed by atoms with Crippen molar-refractivity contribution in [1.29, 1.82) is 0 Å². The van der Waals surface area contributed by atoms with Crippen molar-refractivity contribution in [3.05, 3.63) is 58.6 Å². The number of carbonyl (C=O) groups is 1. The molecule has 1 heterocycles. The third-order valence-corrected chi connectivity index (χ3v) is 6.66. The molecule has 0 unspecified atom stereocenters. The van der Waals surface area contributed by atoms with Gasteiger partial charge in [0.2, 0.25) is 10.0 Å². The van der Waals surface area contributed by atoms with Gasteiger partial charge in [0.1, 0.15) is 5.75 Å². The summed E-state index contributed by atoms with van der Waals surface area (Å²) in [6.07, 6.45) is 3.31. The van der Waals surface area contributed by atoms with Gasteiger partial charge in [-0.3, -0.25) is 4.79 Å². The highest BCUT2D eigenvalue weighted by atomic mass is 35.5. The molecular weight excluding hydrogens is 412 g/mol. The second-order valence-corrected chi connectivity index (χ2v) is 9.19. The molecule has 2 aromatic carbocycles. The summed E-state index contributed by atoms with van der Waals surface area (Å²) in [6.45, 7) is 1.66. The first kappa shape index (κ1) is 21.6. The Labute approximate surface area is 176 Å². The molecule has 1 aliphatic heterocycles. The zero-order chi connectivity index (χ0) is 20.9. The quantitative estimate of drug-likeness (QED) is 0.642. The fourth-order valence-electron chi connectivity index (χ4n) is 3.35. The van der Waals surface area contributed by atoms with Crippen LogP contribution in [0.1, 0.15) is 35.2 Å². The van der Waals surface area contributed by atoms with E-state index in [4.69, 9.17) is 16.3 Å². The van der Waals surface area contributed by atoms with Gasteiger partial charge < -0.3 is 9.64 Å². The van der Waals surface area contributed by atoms with Gasteiger partial charge in [-0.05, 0) is 61.6 Å². The lowest BCUT2D eigenvalue weighted by Crippen LogP contribution is -2.29. The van der Waals surface area contributed by atoms with Crippen LogP contribution in [0.3, 0.4) is 0 Å². The second-order valence-electron chi connectivity index (χ2n) is 6.99. The molecule has 3 rings (SSSR count). The van der Waals surface area contributed by atoms with Crippen LogP contribution in [-0.4, -0.2) is 46.0 Å². The minimum absolute atomic E-state index is 0.0624. The monoisotopic (exact) mass is 436 g/mol. The summed E-state index contributed by atoms with van der Waals surface area (Å²) in [5.74, 6) is 0.183. The average molecular weight is 437 g/mol. The molecule has 0 spiro atoms. The molecule has 0 radical (unpaired) electrons. The molecule has 29 heavy (non-hydrogen) atoms. The molecular formula is C21H25ClN2O4S. The number of likely N-dealkylation sites (tertiary alicyclic amines) is 1. The zero-order valence-corrected chi connectivity index (χ0v) is 17.9. The zero-order valence-electron chi connectivity index (χ0n) is 16.4. The van der Waals surface area contributed by atoms with Gasteiger partial charge in [0.15, 0.2) is 0 Å². The Morgan fingerprint density at radius 1 is 1.14 bits per heavy atom. The Morgan fingerprint density at radius 2 is 1.83 bits per heavy atom. The highest BCUT2D eigenvalue weighted by molar-refractivity contribution is 7.89. The number of hydrogen-bond donors (Lipinski definition) is 1. The third-order valence-electron chi connectivity index (χ3n) is 4.95. The first-order chi connectivity index (χ1) is 13.9. The van der Waals surface area contributed by atoms with E-state index in [9.17, 15) is 13.2 Å². The molecule has 0 bridgehead atoms. The largest absolute Gasteiger partial charge is 0.496 e. The average Bonchev–Trinajstić information content (AvgIpc) is 3.26. The van der Waals surface area contributed by atoms with E-state index in [2.05, 4.69) is 4.72 Å². The summed E-state index contributed by atoms with van der Waals surface area (Å²) < 4.78 is 33.3. The predicted molar refractivity (Wildman–Crippen MR) is 113 cm³/mol. The Morgan fingerprint density at radius 3 is 2.48 bits per heavy atom. The molecule has 0 atom stereocenters. The van der Waals surface area contributed by atoms with Crippen LogP contribution < -0.4 is 9.46 Å². The molecule has 2 aromatic rings. The molecule has 1 fully saturated rings. The van der Waals surface area contributed by atoms with Gasteiger partial charge in [0, 0.05) is 24.7 Å². The lowest BCUT2D eigenvalue weighted by molar-refractivity contribution is 0.0789. The van der Waals surface area contributed by atoms with Crippen LogP contribution >= 0.6 is 11.6 Å². The molecule has 8 heteroatoms. The Hall–Kier alpha value is -2.09. The fraction of sp³-hybridized carbons (Fsp3) is 0.381. The predicted octanol–water partition coefficient (Wildman–Crippen LogP) is 3.50. The van der Waals surface area contributed by atoms with Crippen molar-refractivity contribution in [1.82, 2.24) is 9.62 Å². The third kappa shape index (κ3) is 5.50. The fourth-order valence-corrected chi connectivity index (χ4v) is 4.57. The van der Waals surface area contributed by atoms with E-state index < -0.39 is 10.0 Å². The molecule has 1 aliphatic rings. The topological polar surface area (TPSA) is 75.7 Å².